The van der Waals surface area contributed by atoms with Crippen molar-refractivity contribution < 1.29 is 23.5 Å². The van der Waals surface area contributed by atoms with Crippen LogP contribution in [-0.2, 0) is 0 Å². The van der Waals surface area contributed by atoms with Crippen molar-refractivity contribution in [3.8, 4) is 0 Å². The molecule has 0 saturated heterocycles. The Labute approximate surface area is 149 Å². The van der Waals surface area contributed by atoms with Gasteiger partial charge in [0.25, 0.3) is 0 Å². The van der Waals surface area contributed by atoms with Gasteiger partial charge in [0.05, 0.1) is 15.6 Å². The highest BCUT2D eigenvalue weighted by Gasteiger charge is 2.15. The summed E-state index contributed by atoms with van der Waals surface area (Å²) in [5, 5.41) is 8.55. The first-order valence-electron chi connectivity index (χ1n) is 5.65. The summed E-state index contributed by atoms with van der Waals surface area (Å²) in [7, 11) is 0. The summed E-state index contributed by atoms with van der Waals surface area (Å²) in [6, 6.07) is 4.43. The van der Waals surface area contributed by atoms with Crippen LogP contribution >= 0.6 is 46.4 Å². The maximum atomic E-state index is 12.8. The van der Waals surface area contributed by atoms with Gasteiger partial charge in [-0.15, -0.1) is 0 Å². The monoisotopic (exact) mass is 400 g/mol. The Kier molecular flexibility index (Phi) is 7.22. The SMILES string of the molecule is O=C(O)c1c(F)cc(Cl)cc1Cl.O=Cc1c(F)cc(Cl)cc1Cl. The van der Waals surface area contributed by atoms with Crippen molar-refractivity contribution in [1.29, 1.82) is 0 Å². The average molecular weight is 402 g/mol. The second kappa shape index (κ2) is 8.45. The van der Waals surface area contributed by atoms with E-state index in [1.807, 2.05) is 0 Å². The van der Waals surface area contributed by atoms with Gasteiger partial charge in [0.15, 0.2) is 6.29 Å². The molecule has 1 N–H and O–H groups in total. The molecule has 2 rings (SSSR count). The first kappa shape index (κ1) is 19.6. The molecule has 3 nitrogen and oxygen atoms in total. The van der Waals surface area contributed by atoms with Crippen molar-refractivity contribution in [3.63, 3.8) is 0 Å². The standard InChI is InChI=1S/C7H3Cl2FO2.C7H3Cl2FO/c8-3-1-4(9)6(7(11)12)5(10)2-3;8-4-1-6(9)5(3-11)7(10)2-4/h1-2H,(H,11,12);1-3H. The first-order valence-corrected chi connectivity index (χ1v) is 7.16. The molecule has 0 aliphatic heterocycles. The number of carbonyl (C=O) groups excluding carboxylic acids is 1. The van der Waals surface area contributed by atoms with Crippen LogP contribution in [0.15, 0.2) is 24.3 Å². The lowest BCUT2D eigenvalue weighted by Gasteiger charge is -2.00. The van der Waals surface area contributed by atoms with Gasteiger partial charge in [0.2, 0.25) is 0 Å². The molecule has 0 bridgehead atoms. The molecular formula is C14H6Cl4F2O3. The fourth-order valence-corrected chi connectivity index (χ4v) is 2.47. The molecule has 0 unspecified atom stereocenters. The molecule has 0 aliphatic rings. The van der Waals surface area contributed by atoms with Crippen LogP contribution in [0.3, 0.4) is 0 Å². The number of hydrogen-bond acceptors (Lipinski definition) is 2. The van der Waals surface area contributed by atoms with Gasteiger partial charge in [0.1, 0.15) is 17.2 Å². The molecule has 0 heterocycles. The van der Waals surface area contributed by atoms with Gasteiger partial charge in [-0.2, -0.15) is 0 Å². The van der Waals surface area contributed by atoms with Crippen molar-refractivity contribution in [2.24, 2.45) is 0 Å². The molecule has 0 spiro atoms. The zero-order valence-electron chi connectivity index (χ0n) is 10.9. The van der Waals surface area contributed by atoms with Gasteiger partial charge in [-0.3, -0.25) is 4.79 Å². The fourth-order valence-electron chi connectivity index (χ4n) is 1.41. The third-order valence-corrected chi connectivity index (χ3v) is 3.43. The molecule has 0 aliphatic carbocycles. The van der Waals surface area contributed by atoms with Crippen LogP contribution in [0.2, 0.25) is 20.1 Å². The normalized spacial score (nSPS) is 9.83. The highest BCUT2D eigenvalue weighted by Crippen LogP contribution is 2.24. The van der Waals surface area contributed by atoms with Crippen LogP contribution in [0.1, 0.15) is 20.7 Å². The number of carboxylic acid groups (broad SMARTS) is 1. The lowest BCUT2D eigenvalue weighted by atomic mass is 10.2. The fraction of sp³-hybridized carbons (Fsp3) is 0. The van der Waals surface area contributed by atoms with E-state index in [1.54, 1.807) is 0 Å². The molecular weight excluding hydrogens is 396 g/mol. The van der Waals surface area contributed by atoms with E-state index < -0.39 is 23.2 Å². The number of carboxylic acids is 1. The summed E-state index contributed by atoms with van der Waals surface area (Å²) >= 11 is 21.8. The molecule has 0 amide bonds. The smallest absolute Gasteiger partial charge is 0.340 e. The molecule has 9 heteroatoms. The Morgan fingerprint density at radius 1 is 0.913 bits per heavy atom. The topological polar surface area (TPSA) is 54.4 Å². The Bertz CT molecular complexity index is 720. The molecule has 0 radical (unpaired) electrons. The zero-order valence-corrected chi connectivity index (χ0v) is 13.9. The minimum absolute atomic E-state index is 0.0324. The van der Waals surface area contributed by atoms with Gasteiger partial charge in [0, 0.05) is 10.0 Å². The summed E-state index contributed by atoms with van der Waals surface area (Å²) in [6.07, 6.45) is 0.355. The van der Waals surface area contributed by atoms with Crippen LogP contribution in [0.5, 0.6) is 0 Å². The Hall–Kier alpha value is -1.40. The van der Waals surface area contributed by atoms with E-state index in [9.17, 15) is 18.4 Å². The van der Waals surface area contributed by atoms with Crippen molar-refractivity contribution in [2.75, 3.05) is 0 Å². The average Bonchev–Trinajstić information content (AvgIpc) is 2.36. The number of aromatic carboxylic acids is 1. The van der Waals surface area contributed by atoms with Crippen molar-refractivity contribution in [1.82, 2.24) is 0 Å². The van der Waals surface area contributed by atoms with E-state index in [1.165, 1.54) is 12.1 Å². The molecule has 2 aromatic carbocycles. The Balaban J connectivity index is 0.000000231. The first-order chi connectivity index (χ1) is 10.7. The van der Waals surface area contributed by atoms with Gasteiger partial charge in [-0.25, -0.2) is 13.6 Å². The Morgan fingerprint density at radius 3 is 1.78 bits per heavy atom. The number of hydrogen-bond donors (Lipinski definition) is 1. The zero-order chi connectivity index (χ0) is 17.7. The quantitative estimate of drug-likeness (QED) is 0.649. The molecule has 0 fully saturated rings. The lowest BCUT2D eigenvalue weighted by Crippen LogP contribution is -2.01. The minimum atomic E-state index is -1.41. The maximum Gasteiger partial charge on any atom is 0.340 e. The minimum Gasteiger partial charge on any atom is -0.478 e. The molecule has 2 aromatic rings. The number of benzene rings is 2. The van der Waals surface area contributed by atoms with Crippen LogP contribution in [0, 0.1) is 11.6 Å². The highest BCUT2D eigenvalue weighted by atomic mass is 35.5. The maximum absolute atomic E-state index is 12.8. The van der Waals surface area contributed by atoms with E-state index in [4.69, 9.17) is 51.5 Å². The highest BCUT2D eigenvalue weighted by molar-refractivity contribution is 6.37. The van der Waals surface area contributed by atoms with Crippen LogP contribution in [0.4, 0.5) is 8.78 Å². The predicted octanol–water partition coefficient (Wildman–Crippen LogP) is 5.78. The second-order valence-electron chi connectivity index (χ2n) is 3.95. The number of rotatable bonds is 2. The summed E-state index contributed by atoms with van der Waals surface area (Å²) in [5.74, 6) is -3.04. The van der Waals surface area contributed by atoms with Crippen molar-refractivity contribution >= 4 is 58.7 Å². The molecule has 0 saturated carbocycles. The van der Waals surface area contributed by atoms with Gasteiger partial charge in [-0.05, 0) is 24.3 Å². The van der Waals surface area contributed by atoms with Crippen molar-refractivity contribution in [3.05, 3.63) is 67.1 Å². The molecule has 23 heavy (non-hydrogen) atoms. The third kappa shape index (κ3) is 5.32. The van der Waals surface area contributed by atoms with Gasteiger partial charge in [-0.1, -0.05) is 46.4 Å². The van der Waals surface area contributed by atoms with Crippen LogP contribution < -0.4 is 0 Å². The van der Waals surface area contributed by atoms with E-state index in [2.05, 4.69) is 0 Å². The van der Waals surface area contributed by atoms with Crippen LogP contribution in [0.25, 0.3) is 0 Å². The van der Waals surface area contributed by atoms with Gasteiger partial charge < -0.3 is 5.11 Å². The molecule has 122 valence electrons. The van der Waals surface area contributed by atoms with E-state index in [0.717, 1.165) is 12.1 Å². The predicted molar refractivity (Wildman–Crippen MR) is 85.2 cm³/mol. The summed E-state index contributed by atoms with van der Waals surface area (Å²) in [4.78, 5) is 20.6. The molecule has 0 atom stereocenters. The molecule has 0 aromatic heterocycles. The van der Waals surface area contributed by atoms with E-state index in [-0.39, 0.29) is 25.7 Å². The number of carbonyl (C=O) groups is 2. The lowest BCUT2D eigenvalue weighted by molar-refractivity contribution is 0.0692. The van der Waals surface area contributed by atoms with E-state index >= 15 is 0 Å². The van der Waals surface area contributed by atoms with E-state index in [0.29, 0.717) is 6.29 Å². The van der Waals surface area contributed by atoms with Gasteiger partial charge >= 0.3 is 5.97 Å². The number of aldehydes is 1. The van der Waals surface area contributed by atoms with Crippen molar-refractivity contribution in [2.45, 2.75) is 0 Å². The Morgan fingerprint density at radius 2 is 1.39 bits per heavy atom. The summed E-state index contributed by atoms with van der Waals surface area (Å²) < 4.78 is 25.5. The second-order valence-corrected chi connectivity index (χ2v) is 5.64. The third-order valence-electron chi connectivity index (χ3n) is 2.38. The summed E-state index contributed by atoms with van der Waals surface area (Å²) in [5.41, 5.74) is -0.711. The summed E-state index contributed by atoms with van der Waals surface area (Å²) in [6.45, 7) is 0. The largest absolute Gasteiger partial charge is 0.478 e. The van der Waals surface area contributed by atoms with Crippen LogP contribution in [-0.4, -0.2) is 17.4 Å². The number of halogens is 6.